The van der Waals surface area contributed by atoms with Gasteiger partial charge in [-0.3, -0.25) is 4.79 Å². The number of hydrogen-bond donors (Lipinski definition) is 2. The topological polar surface area (TPSA) is 57.5 Å². The summed E-state index contributed by atoms with van der Waals surface area (Å²) in [5.74, 6) is -4.21. The van der Waals surface area contributed by atoms with Crippen LogP contribution < -0.4 is 0 Å². The van der Waals surface area contributed by atoms with Gasteiger partial charge in [0.2, 0.25) is 0 Å². The fourth-order valence-electron chi connectivity index (χ4n) is 1.86. The van der Waals surface area contributed by atoms with Crippen molar-refractivity contribution in [1.29, 1.82) is 0 Å². The first-order valence-corrected chi connectivity index (χ1v) is 5.45. The molecule has 0 amide bonds. The number of phenols is 1. The number of carboxylic acid groups (broad SMARTS) is 1. The Labute approximate surface area is 107 Å². The molecule has 5 heteroatoms. The molecule has 0 aliphatic heterocycles. The van der Waals surface area contributed by atoms with Crippen LogP contribution in [-0.2, 0) is 4.79 Å². The van der Waals surface area contributed by atoms with E-state index in [2.05, 4.69) is 0 Å². The largest absolute Gasteiger partial charge is 0.508 e. The molecule has 0 aliphatic rings. The standard InChI is InChI=1S/C14H10F2O3/c15-9-3-6-11(12(16)7-9)13(14(18)19)8-1-4-10(17)5-2-8/h1-7,13,17H,(H,18,19). The second-order valence-electron chi connectivity index (χ2n) is 4.03. The third kappa shape index (κ3) is 2.70. The summed E-state index contributed by atoms with van der Waals surface area (Å²) in [6, 6.07) is 8.16. The smallest absolute Gasteiger partial charge is 0.315 e. The van der Waals surface area contributed by atoms with Gasteiger partial charge in [-0.25, -0.2) is 8.78 Å². The third-order valence-corrected chi connectivity index (χ3v) is 2.75. The maximum absolute atomic E-state index is 13.7. The highest BCUT2D eigenvalue weighted by molar-refractivity contribution is 5.80. The van der Waals surface area contributed by atoms with Crippen LogP contribution in [0.25, 0.3) is 0 Å². The first-order chi connectivity index (χ1) is 8.99. The normalized spacial score (nSPS) is 12.1. The molecule has 0 spiro atoms. The third-order valence-electron chi connectivity index (χ3n) is 2.75. The highest BCUT2D eigenvalue weighted by Gasteiger charge is 2.25. The van der Waals surface area contributed by atoms with Crippen molar-refractivity contribution in [2.75, 3.05) is 0 Å². The number of hydrogen-bond acceptors (Lipinski definition) is 2. The Bertz CT molecular complexity index is 609. The summed E-state index contributed by atoms with van der Waals surface area (Å²) in [4.78, 5) is 11.3. The van der Waals surface area contributed by atoms with Gasteiger partial charge >= 0.3 is 5.97 Å². The van der Waals surface area contributed by atoms with Crippen molar-refractivity contribution in [3.63, 3.8) is 0 Å². The van der Waals surface area contributed by atoms with E-state index in [0.717, 1.165) is 12.1 Å². The van der Waals surface area contributed by atoms with Crippen molar-refractivity contribution in [1.82, 2.24) is 0 Å². The van der Waals surface area contributed by atoms with Crippen LogP contribution in [-0.4, -0.2) is 16.2 Å². The first-order valence-electron chi connectivity index (χ1n) is 5.45. The van der Waals surface area contributed by atoms with Gasteiger partial charge in [0, 0.05) is 11.6 Å². The maximum atomic E-state index is 13.7. The van der Waals surface area contributed by atoms with Gasteiger partial charge in [0.1, 0.15) is 23.3 Å². The number of aromatic hydroxyl groups is 1. The highest BCUT2D eigenvalue weighted by atomic mass is 19.1. The molecule has 0 aromatic heterocycles. The lowest BCUT2D eigenvalue weighted by Gasteiger charge is -2.14. The van der Waals surface area contributed by atoms with Crippen LogP contribution in [0.2, 0.25) is 0 Å². The molecule has 0 heterocycles. The van der Waals surface area contributed by atoms with Crippen LogP contribution in [0.3, 0.4) is 0 Å². The number of carboxylic acids is 1. The minimum absolute atomic E-state index is 0.0209. The fourth-order valence-corrected chi connectivity index (χ4v) is 1.86. The molecule has 2 rings (SSSR count). The molecule has 1 atom stereocenters. The van der Waals surface area contributed by atoms with Gasteiger partial charge in [0.05, 0.1) is 0 Å². The van der Waals surface area contributed by atoms with Crippen LogP contribution in [0, 0.1) is 11.6 Å². The SMILES string of the molecule is O=C(O)C(c1ccc(O)cc1)c1ccc(F)cc1F. The van der Waals surface area contributed by atoms with Gasteiger partial charge < -0.3 is 10.2 Å². The number of benzene rings is 2. The van der Waals surface area contributed by atoms with Crippen LogP contribution in [0.4, 0.5) is 8.78 Å². The Hall–Kier alpha value is -2.43. The van der Waals surface area contributed by atoms with Gasteiger partial charge in [-0.2, -0.15) is 0 Å². The molecule has 2 aromatic carbocycles. The molecular weight excluding hydrogens is 254 g/mol. The van der Waals surface area contributed by atoms with E-state index in [4.69, 9.17) is 5.11 Å². The number of phenolic OH excluding ortho intramolecular Hbond substituents is 1. The summed E-state index contributed by atoms with van der Waals surface area (Å²) in [5.41, 5.74) is 0.176. The molecule has 2 aromatic rings. The van der Waals surface area contributed by atoms with E-state index in [1.807, 2.05) is 0 Å². The number of carbonyl (C=O) groups is 1. The van der Waals surface area contributed by atoms with Gasteiger partial charge in [-0.1, -0.05) is 18.2 Å². The minimum atomic E-state index is -1.25. The molecule has 0 bridgehead atoms. The van der Waals surface area contributed by atoms with E-state index >= 15 is 0 Å². The van der Waals surface area contributed by atoms with E-state index in [1.54, 1.807) is 0 Å². The van der Waals surface area contributed by atoms with Crippen molar-refractivity contribution in [3.8, 4) is 5.75 Å². The molecule has 98 valence electrons. The molecule has 2 N–H and O–H groups in total. The Morgan fingerprint density at radius 2 is 1.68 bits per heavy atom. The molecule has 0 aliphatic carbocycles. The lowest BCUT2D eigenvalue weighted by Crippen LogP contribution is -2.14. The molecular formula is C14H10F2O3. The van der Waals surface area contributed by atoms with E-state index in [0.29, 0.717) is 11.6 Å². The lowest BCUT2D eigenvalue weighted by atomic mass is 9.91. The molecule has 1 unspecified atom stereocenters. The summed E-state index contributed by atoms with van der Waals surface area (Å²) in [7, 11) is 0. The van der Waals surface area contributed by atoms with E-state index in [9.17, 15) is 18.7 Å². The van der Waals surface area contributed by atoms with Gasteiger partial charge in [0.15, 0.2) is 0 Å². The Morgan fingerprint density at radius 3 is 2.21 bits per heavy atom. The summed E-state index contributed by atoms with van der Waals surface area (Å²) in [6.45, 7) is 0. The molecule has 0 saturated heterocycles. The Kier molecular flexibility index (Phi) is 3.46. The van der Waals surface area contributed by atoms with Gasteiger partial charge in [-0.15, -0.1) is 0 Å². The monoisotopic (exact) mass is 264 g/mol. The fraction of sp³-hybridized carbons (Fsp3) is 0.0714. The highest BCUT2D eigenvalue weighted by Crippen LogP contribution is 2.28. The predicted molar refractivity (Wildman–Crippen MR) is 63.9 cm³/mol. The van der Waals surface area contributed by atoms with Gasteiger partial charge in [0.25, 0.3) is 0 Å². The summed E-state index contributed by atoms with van der Waals surface area (Å²) < 4.78 is 26.5. The number of aliphatic carboxylic acids is 1. The zero-order chi connectivity index (χ0) is 14.0. The zero-order valence-electron chi connectivity index (χ0n) is 9.68. The molecule has 0 radical (unpaired) electrons. The molecule has 0 saturated carbocycles. The minimum Gasteiger partial charge on any atom is -0.508 e. The van der Waals surface area contributed by atoms with Crippen molar-refractivity contribution in [3.05, 3.63) is 65.2 Å². The average Bonchev–Trinajstić information content (AvgIpc) is 2.34. The zero-order valence-corrected chi connectivity index (χ0v) is 9.68. The van der Waals surface area contributed by atoms with E-state index < -0.39 is 23.5 Å². The van der Waals surface area contributed by atoms with Crippen LogP contribution in [0.15, 0.2) is 42.5 Å². The summed E-state index contributed by atoms with van der Waals surface area (Å²) in [6.07, 6.45) is 0. The second-order valence-corrected chi connectivity index (χ2v) is 4.03. The molecule has 0 fully saturated rings. The second kappa shape index (κ2) is 5.06. The van der Waals surface area contributed by atoms with Crippen molar-refractivity contribution in [2.24, 2.45) is 0 Å². The molecule has 3 nitrogen and oxygen atoms in total. The van der Waals surface area contributed by atoms with Crippen LogP contribution in [0.5, 0.6) is 5.75 Å². The number of rotatable bonds is 3. The first kappa shape index (κ1) is 13.0. The quantitative estimate of drug-likeness (QED) is 0.896. The van der Waals surface area contributed by atoms with Gasteiger partial charge in [-0.05, 0) is 23.8 Å². The Morgan fingerprint density at radius 1 is 1.05 bits per heavy atom. The van der Waals surface area contributed by atoms with Crippen LogP contribution in [0.1, 0.15) is 17.0 Å². The van der Waals surface area contributed by atoms with E-state index in [-0.39, 0.29) is 11.3 Å². The van der Waals surface area contributed by atoms with Crippen molar-refractivity contribution < 1.29 is 23.8 Å². The number of halogens is 2. The van der Waals surface area contributed by atoms with Crippen LogP contribution >= 0.6 is 0 Å². The summed E-state index contributed by atoms with van der Waals surface area (Å²) >= 11 is 0. The maximum Gasteiger partial charge on any atom is 0.315 e. The van der Waals surface area contributed by atoms with Crippen molar-refractivity contribution >= 4 is 5.97 Å². The average molecular weight is 264 g/mol. The lowest BCUT2D eigenvalue weighted by molar-refractivity contribution is -0.137. The summed E-state index contributed by atoms with van der Waals surface area (Å²) in [5, 5.41) is 18.4. The van der Waals surface area contributed by atoms with Crippen molar-refractivity contribution in [2.45, 2.75) is 5.92 Å². The van der Waals surface area contributed by atoms with E-state index in [1.165, 1.54) is 24.3 Å². The predicted octanol–water partition coefficient (Wildman–Crippen LogP) is 2.89. The Balaban J connectivity index is 2.51. The molecule has 19 heavy (non-hydrogen) atoms.